The van der Waals surface area contributed by atoms with Gasteiger partial charge in [0, 0.05) is 20.9 Å². The van der Waals surface area contributed by atoms with Crippen molar-refractivity contribution in [1.82, 2.24) is 10.3 Å². The topological polar surface area (TPSA) is 24.9 Å². The molecule has 0 aliphatic carbocycles. The molecule has 0 amide bonds. The number of halogens is 1. The number of fused-ring (bicyclic) bond motifs is 1. The van der Waals surface area contributed by atoms with Crippen molar-refractivity contribution in [2.24, 2.45) is 0 Å². The summed E-state index contributed by atoms with van der Waals surface area (Å²) in [5.41, 5.74) is 4.69. The van der Waals surface area contributed by atoms with Gasteiger partial charge in [-0.05, 0) is 58.0 Å². The van der Waals surface area contributed by atoms with E-state index in [1.807, 2.05) is 6.07 Å². The monoisotopic (exact) mass is 360 g/mol. The number of thiophene rings is 1. The van der Waals surface area contributed by atoms with Gasteiger partial charge in [0.1, 0.15) is 0 Å². The molecule has 0 fully saturated rings. The van der Waals surface area contributed by atoms with Gasteiger partial charge in [0.25, 0.3) is 0 Å². The van der Waals surface area contributed by atoms with Crippen molar-refractivity contribution >= 4 is 38.2 Å². The van der Waals surface area contributed by atoms with Gasteiger partial charge in [0.05, 0.1) is 11.6 Å². The molecule has 0 aliphatic rings. The molecule has 108 valence electrons. The van der Waals surface area contributed by atoms with E-state index in [0.717, 1.165) is 22.2 Å². The molecule has 0 radical (unpaired) electrons. The zero-order valence-electron chi connectivity index (χ0n) is 12.1. The Morgan fingerprint density at radius 1 is 1.24 bits per heavy atom. The van der Waals surface area contributed by atoms with Crippen molar-refractivity contribution < 1.29 is 0 Å². The van der Waals surface area contributed by atoms with Gasteiger partial charge >= 0.3 is 0 Å². The summed E-state index contributed by atoms with van der Waals surface area (Å²) in [6, 6.07) is 10.7. The van der Waals surface area contributed by atoms with Crippen LogP contribution < -0.4 is 5.32 Å². The summed E-state index contributed by atoms with van der Waals surface area (Å²) in [6.45, 7) is 5.12. The van der Waals surface area contributed by atoms with Crippen molar-refractivity contribution in [3.05, 3.63) is 62.4 Å². The van der Waals surface area contributed by atoms with Crippen LogP contribution in [0.4, 0.5) is 0 Å². The Balaban J connectivity index is 2.22. The number of rotatable bonds is 4. The van der Waals surface area contributed by atoms with E-state index >= 15 is 0 Å². The number of nitrogens with one attached hydrogen (secondary N) is 1. The maximum atomic E-state index is 4.65. The molecule has 2 nitrogen and oxygen atoms in total. The number of nitrogens with zero attached hydrogens (tertiary/aromatic N) is 1. The predicted molar refractivity (Wildman–Crippen MR) is 94.0 cm³/mol. The maximum absolute atomic E-state index is 4.65. The molecule has 0 aliphatic heterocycles. The van der Waals surface area contributed by atoms with Gasteiger partial charge in [-0.3, -0.25) is 4.98 Å². The lowest BCUT2D eigenvalue weighted by Crippen LogP contribution is -2.22. The zero-order chi connectivity index (χ0) is 14.8. The van der Waals surface area contributed by atoms with Crippen LogP contribution in [0.5, 0.6) is 0 Å². The third kappa shape index (κ3) is 2.89. The van der Waals surface area contributed by atoms with Crippen molar-refractivity contribution in [2.45, 2.75) is 19.9 Å². The van der Waals surface area contributed by atoms with Gasteiger partial charge in [0.15, 0.2) is 0 Å². The first-order valence-corrected chi connectivity index (χ1v) is 8.75. The highest BCUT2D eigenvalue weighted by Gasteiger charge is 2.19. The standard InChI is InChI=1S/C17H17BrN2S/c1-3-19-17(14-9-21-10-15(14)18)13-8-11(2)20-16-7-5-4-6-12(13)16/h4-10,17,19H,3H2,1-2H3. The van der Waals surface area contributed by atoms with Gasteiger partial charge in [0.2, 0.25) is 0 Å². The summed E-state index contributed by atoms with van der Waals surface area (Å²) in [5, 5.41) is 9.17. The van der Waals surface area contributed by atoms with E-state index < -0.39 is 0 Å². The number of pyridine rings is 1. The first kappa shape index (κ1) is 14.7. The second kappa shape index (κ2) is 6.26. The van der Waals surface area contributed by atoms with Crippen LogP contribution in [0.1, 0.15) is 29.8 Å². The van der Waals surface area contributed by atoms with E-state index in [1.54, 1.807) is 11.3 Å². The molecule has 2 aromatic heterocycles. The summed E-state index contributed by atoms with van der Waals surface area (Å²) in [5.74, 6) is 0. The van der Waals surface area contributed by atoms with Gasteiger partial charge in [-0.2, -0.15) is 11.3 Å². The van der Waals surface area contributed by atoms with E-state index in [1.165, 1.54) is 16.5 Å². The van der Waals surface area contributed by atoms with E-state index in [0.29, 0.717) is 0 Å². The third-order valence-electron chi connectivity index (χ3n) is 3.55. The fourth-order valence-corrected chi connectivity index (χ4v) is 4.22. The zero-order valence-corrected chi connectivity index (χ0v) is 14.5. The highest BCUT2D eigenvalue weighted by Crippen LogP contribution is 2.34. The quantitative estimate of drug-likeness (QED) is 0.702. The maximum Gasteiger partial charge on any atom is 0.0708 e. The average Bonchev–Trinajstić information content (AvgIpc) is 2.90. The second-order valence-electron chi connectivity index (χ2n) is 5.04. The third-order valence-corrected chi connectivity index (χ3v) is 5.30. The molecule has 21 heavy (non-hydrogen) atoms. The van der Waals surface area contributed by atoms with Crippen LogP contribution in [-0.2, 0) is 0 Å². The van der Waals surface area contributed by atoms with Crippen LogP contribution in [-0.4, -0.2) is 11.5 Å². The van der Waals surface area contributed by atoms with Crippen molar-refractivity contribution in [3.8, 4) is 0 Å². The Morgan fingerprint density at radius 3 is 2.76 bits per heavy atom. The van der Waals surface area contributed by atoms with Crippen molar-refractivity contribution in [2.75, 3.05) is 6.54 Å². The van der Waals surface area contributed by atoms with Crippen LogP contribution in [0, 0.1) is 6.92 Å². The molecule has 1 aromatic carbocycles. The van der Waals surface area contributed by atoms with Crippen molar-refractivity contribution in [3.63, 3.8) is 0 Å². The van der Waals surface area contributed by atoms with Gasteiger partial charge in [-0.15, -0.1) is 0 Å². The molecule has 0 spiro atoms. The lowest BCUT2D eigenvalue weighted by molar-refractivity contribution is 0.633. The number of hydrogen-bond acceptors (Lipinski definition) is 3. The van der Waals surface area contributed by atoms with Crippen molar-refractivity contribution in [1.29, 1.82) is 0 Å². The summed E-state index contributed by atoms with van der Waals surface area (Å²) in [6.07, 6.45) is 0. The van der Waals surface area contributed by atoms with E-state index in [9.17, 15) is 0 Å². The molecule has 4 heteroatoms. The molecule has 1 unspecified atom stereocenters. The molecule has 0 saturated carbocycles. The first-order valence-electron chi connectivity index (χ1n) is 7.02. The van der Waals surface area contributed by atoms with Crippen LogP contribution in [0.15, 0.2) is 45.6 Å². The average molecular weight is 361 g/mol. The summed E-state index contributed by atoms with van der Waals surface area (Å²) >= 11 is 5.39. The van der Waals surface area contributed by atoms with E-state index in [-0.39, 0.29) is 6.04 Å². The molecule has 3 rings (SSSR count). The molecular weight excluding hydrogens is 344 g/mol. The summed E-state index contributed by atoms with van der Waals surface area (Å²) in [4.78, 5) is 4.65. The Morgan fingerprint density at radius 2 is 2.05 bits per heavy atom. The summed E-state index contributed by atoms with van der Waals surface area (Å²) in [7, 11) is 0. The largest absolute Gasteiger partial charge is 0.306 e. The van der Waals surface area contributed by atoms with E-state index in [2.05, 4.69) is 75.1 Å². The highest BCUT2D eigenvalue weighted by atomic mass is 79.9. The predicted octanol–water partition coefficient (Wildman–Crippen LogP) is 5.07. The van der Waals surface area contributed by atoms with Gasteiger partial charge < -0.3 is 5.32 Å². The minimum atomic E-state index is 0.183. The molecule has 0 bridgehead atoms. The number of hydrogen-bond donors (Lipinski definition) is 1. The van der Waals surface area contributed by atoms with Crippen LogP contribution in [0.2, 0.25) is 0 Å². The fourth-order valence-electron chi connectivity index (χ4n) is 2.67. The first-order chi connectivity index (χ1) is 10.2. The smallest absolute Gasteiger partial charge is 0.0708 e. The molecule has 0 saturated heterocycles. The second-order valence-corrected chi connectivity index (χ2v) is 6.63. The minimum absolute atomic E-state index is 0.183. The number of benzene rings is 1. The van der Waals surface area contributed by atoms with Crippen LogP contribution in [0.3, 0.4) is 0 Å². The number of aromatic nitrogens is 1. The lowest BCUT2D eigenvalue weighted by Gasteiger charge is -2.20. The van der Waals surface area contributed by atoms with E-state index in [4.69, 9.17) is 0 Å². The number of para-hydroxylation sites is 1. The Bertz CT molecular complexity index is 766. The van der Waals surface area contributed by atoms with Crippen LogP contribution >= 0.6 is 27.3 Å². The van der Waals surface area contributed by atoms with Gasteiger partial charge in [-0.1, -0.05) is 25.1 Å². The normalized spacial score (nSPS) is 12.7. The van der Waals surface area contributed by atoms with Gasteiger partial charge in [-0.25, -0.2) is 0 Å². The molecular formula is C17H17BrN2S. The summed E-state index contributed by atoms with van der Waals surface area (Å²) < 4.78 is 1.16. The van der Waals surface area contributed by atoms with Crippen LogP contribution in [0.25, 0.3) is 10.9 Å². The Kier molecular flexibility index (Phi) is 4.38. The molecule has 1 atom stereocenters. The molecule has 2 heterocycles. The Labute approximate surface area is 137 Å². The fraction of sp³-hybridized carbons (Fsp3) is 0.235. The minimum Gasteiger partial charge on any atom is -0.306 e. The molecule has 3 aromatic rings. The number of aryl methyl sites for hydroxylation is 1. The lowest BCUT2D eigenvalue weighted by atomic mass is 9.96. The Hall–Kier alpha value is -1.23. The highest BCUT2D eigenvalue weighted by molar-refractivity contribution is 9.10. The SMILES string of the molecule is CCNC(c1cscc1Br)c1cc(C)nc2ccccc12. The molecule has 1 N–H and O–H groups in total.